The van der Waals surface area contributed by atoms with Crippen LogP contribution in [0, 0.1) is 0 Å². The first kappa shape index (κ1) is 10.2. The van der Waals surface area contributed by atoms with Crippen LogP contribution >= 0.6 is 11.6 Å². The van der Waals surface area contributed by atoms with Gasteiger partial charge in [-0.1, -0.05) is 17.7 Å². The summed E-state index contributed by atoms with van der Waals surface area (Å²) in [5, 5.41) is 18.4. The van der Waals surface area contributed by atoms with Gasteiger partial charge in [-0.2, -0.15) is 0 Å². The third-order valence-electron chi connectivity index (χ3n) is 1.75. The molecule has 0 saturated carbocycles. The van der Waals surface area contributed by atoms with Gasteiger partial charge in [-0.15, -0.1) is 0 Å². The third kappa shape index (κ3) is 2.05. The summed E-state index contributed by atoms with van der Waals surface area (Å²) in [7, 11) is 1.45. The minimum Gasteiger partial charge on any atom is -0.503 e. The Kier molecular flexibility index (Phi) is 3.39. The Morgan fingerprint density at radius 1 is 1.46 bits per heavy atom. The number of aliphatic hydroxyl groups excluding tert-OH is 1. The molecular weight excluding hydrogens is 192 g/mol. The summed E-state index contributed by atoms with van der Waals surface area (Å²) >= 11 is 5.67. The maximum Gasteiger partial charge on any atom is 0.177 e. The summed E-state index contributed by atoms with van der Waals surface area (Å²) in [6.45, 7) is 0.0113. The van der Waals surface area contributed by atoms with Gasteiger partial charge in [0.2, 0.25) is 0 Å². The number of phenolic OH excluding ortho intramolecular Hbond substituents is 1. The first-order valence-electron chi connectivity index (χ1n) is 3.86. The number of hydrogen-bond donors (Lipinski definition) is 2. The lowest BCUT2D eigenvalue weighted by Crippen LogP contribution is -1.96. The maximum atomic E-state index is 9.47. The molecule has 4 heteroatoms. The van der Waals surface area contributed by atoms with Crippen molar-refractivity contribution < 1.29 is 14.9 Å². The van der Waals surface area contributed by atoms with Crippen LogP contribution in [0.25, 0.3) is 0 Å². The maximum absolute atomic E-state index is 9.47. The second kappa shape index (κ2) is 4.35. The van der Waals surface area contributed by atoms with Gasteiger partial charge < -0.3 is 14.9 Å². The van der Waals surface area contributed by atoms with Gasteiger partial charge in [-0.25, -0.2) is 0 Å². The zero-order valence-electron chi connectivity index (χ0n) is 7.25. The molecule has 3 nitrogen and oxygen atoms in total. The van der Waals surface area contributed by atoms with Gasteiger partial charge in [-0.05, 0) is 12.5 Å². The van der Waals surface area contributed by atoms with Gasteiger partial charge in [0.1, 0.15) is 0 Å². The molecule has 0 saturated heterocycles. The number of ether oxygens (including phenoxy) is 1. The number of rotatable bonds is 3. The molecule has 0 spiro atoms. The standard InChI is InChI=1S/C9H11ClO3/c1-13-9-6(4-5-11)2-3-7(10)8(9)12/h2-3,11-12H,4-5H2,1H3. The Labute approximate surface area is 81.5 Å². The summed E-state index contributed by atoms with van der Waals surface area (Å²) in [5.41, 5.74) is 0.743. The smallest absolute Gasteiger partial charge is 0.177 e. The molecule has 72 valence electrons. The Morgan fingerprint density at radius 3 is 2.69 bits per heavy atom. The van der Waals surface area contributed by atoms with Crippen molar-refractivity contribution in [3.8, 4) is 11.5 Å². The highest BCUT2D eigenvalue weighted by Crippen LogP contribution is 2.36. The number of aromatic hydroxyl groups is 1. The minimum atomic E-state index is -0.0740. The fourth-order valence-electron chi connectivity index (χ4n) is 1.13. The molecule has 0 heterocycles. The monoisotopic (exact) mass is 202 g/mol. The average Bonchev–Trinajstić information content (AvgIpc) is 2.12. The van der Waals surface area contributed by atoms with E-state index in [9.17, 15) is 5.11 Å². The predicted molar refractivity (Wildman–Crippen MR) is 50.5 cm³/mol. The molecule has 1 rings (SSSR count). The van der Waals surface area contributed by atoms with Gasteiger partial charge in [0.05, 0.1) is 12.1 Å². The van der Waals surface area contributed by atoms with Crippen LogP contribution in [0.5, 0.6) is 11.5 Å². The van der Waals surface area contributed by atoms with Gasteiger partial charge in [0.15, 0.2) is 11.5 Å². The molecule has 13 heavy (non-hydrogen) atoms. The van der Waals surface area contributed by atoms with Crippen molar-refractivity contribution in [3.63, 3.8) is 0 Å². The lowest BCUT2D eigenvalue weighted by atomic mass is 10.1. The van der Waals surface area contributed by atoms with E-state index in [-0.39, 0.29) is 17.4 Å². The minimum absolute atomic E-state index is 0.0113. The van der Waals surface area contributed by atoms with Crippen LogP contribution in [0.1, 0.15) is 5.56 Å². The molecule has 0 aliphatic rings. The highest BCUT2D eigenvalue weighted by Gasteiger charge is 2.11. The zero-order chi connectivity index (χ0) is 9.84. The van der Waals surface area contributed by atoms with Crippen molar-refractivity contribution in [3.05, 3.63) is 22.7 Å². The molecule has 0 aliphatic carbocycles. The molecule has 0 aliphatic heterocycles. The van der Waals surface area contributed by atoms with E-state index in [1.165, 1.54) is 7.11 Å². The van der Waals surface area contributed by atoms with E-state index in [1.807, 2.05) is 0 Å². The Morgan fingerprint density at radius 2 is 2.15 bits per heavy atom. The van der Waals surface area contributed by atoms with E-state index in [0.717, 1.165) is 5.56 Å². The number of phenols is 1. The molecule has 0 amide bonds. The van der Waals surface area contributed by atoms with E-state index in [0.29, 0.717) is 12.2 Å². The molecule has 2 N–H and O–H groups in total. The van der Waals surface area contributed by atoms with Crippen molar-refractivity contribution in [2.24, 2.45) is 0 Å². The first-order chi connectivity index (χ1) is 6.20. The molecule has 0 radical (unpaired) electrons. The molecule has 0 bridgehead atoms. The molecular formula is C9H11ClO3. The van der Waals surface area contributed by atoms with Crippen molar-refractivity contribution in [2.45, 2.75) is 6.42 Å². The van der Waals surface area contributed by atoms with Gasteiger partial charge in [0, 0.05) is 12.2 Å². The SMILES string of the molecule is COc1c(CCO)ccc(Cl)c1O. The van der Waals surface area contributed by atoms with Crippen molar-refractivity contribution in [1.29, 1.82) is 0 Å². The summed E-state index contributed by atoms with van der Waals surface area (Å²) in [6, 6.07) is 3.29. The molecule has 1 aromatic carbocycles. The topological polar surface area (TPSA) is 49.7 Å². The number of aliphatic hydroxyl groups is 1. The molecule has 0 atom stereocenters. The van der Waals surface area contributed by atoms with Crippen LogP contribution in [0.2, 0.25) is 5.02 Å². The fraction of sp³-hybridized carbons (Fsp3) is 0.333. The molecule has 1 aromatic rings. The van der Waals surface area contributed by atoms with Crippen LogP contribution in [0.4, 0.5) is 0 Å². The van der Waals surface area contributed by atoms with E-state index < -0.39 is 0 Å². The largest absolute Gasteiger partial charge is 0.503 e. The summed E-state index contributed by atoms with van der Waals surface area (Å²) in [5.74, 6) is 0.261. The van der Waals surface area contributed by atoms with E-state index in [4.69, 9.17) is 21.4 Å². The lowest BCUT2D eigenvalue weighted by molar-refractivity contribution is 0.295. The van der Waals surface area contributed by atoms with Crippen molar-refractivity contribution in [1.82, 2.24) is 0 Å². The van der Waals surface area contributed by atoms with Crippen LogP contribution in [-0.4, -0.2) is 23.9 Å². The van der Waals surface area contributed by atoms with Crippen LogP contribution in [0.3, 0.4) is 0 Å². The highest BCUT2D eigenvalue weighted by atomic mass is 35.5. The van der Waals surface area contributed by atoms with E-state index in [2.05, 4.69) is 0 Å². The fourth-order valence-corrected chi connectivity index (χ4v) is 1.28. The zero-order valence-corrected chi connectivity index (χ0v) is 8.01. The Bertz CT molecular complexity index is 299. The van der Waals surface area contributed by atoms with Crippen LogP contribution in [0.15, 0.2) is 12.1 Å². The van der Waals surface area contributed by atoms with Crippen molar-refractivity contribution in [2.75, 3.05) is 13.7 Å². The number of halogens is 1. The lowest BCUT2D eigenvalue weighted by Gasteiger charge is -2.09. The first-order valence-corrected chi connectivity index (χ1v) is 4.23. The second-order valence-electron chi connectivity index (χ2n) is 2.56. The number of hydrogen-bond acceptors (Lipinski definition) is 3. The molecule has 0 unspecified atom stereocenters. The van der Waals surface area contributed by atoms with Crippen LogP contribution < -0.4 is 4.74 Å². The van der Waals surface area contributed by atoms with Gasteiger partial charge in [0.25, 0.3) is 0 Å². The van der Waals surface area contributed by atoms with E-state index in [1.54, 1.807) is 12.1 Å². The van der Waals surface area contributed by atoms with E-state index >= 15 is 0 Å². The number of methoxy groups -OCH3 is 1. The average molecular weight is 203 g/mol. The highest BCUT2D eigenvalue weighted by molar-refractivity contribution is 6.32. The molecule has 0 fully saturated rings. The van der Waals surface area contributed by atoms with Crippen LogP contribution in [-0.2, 0) is 6.42 Å². The van der Waals surface area contributed by atoms with Gasteiger partial charge in [-0.3, -0.25) is 0 Å². The normalized spacial score (nSPS) is 10.1. The second-order valence-corrected chi connectivity index (χ2v) is 2.97. The molecule has 0 aromatic heterocycles. The summed E-state index contributed by atoms with van der Waals surface area (Å²) < 4.78 is 4.96. The van der Waals surface area contributed by atoms with Crippen molar-refractivity contribution >= 4 is 11.6 Å². The Hall–Kier alpha value is -0.930. The Balaban J connectivity index is 3.13. The predicted octanol–water partition coefficient (Wildman–Crippen LogP) is 1.59. The number of benzene rings is 1. The quantitative estimate of drug-likeness (QED) is 0.783. The third-order valence-corrected chi connectivity index (χ3v) is 2.05. The summed E-state index contributed by atoms with van der Waals surface area (Å²) in [6.07, 6.45) is 0.438. The van der Waals surface area contributed by atoms with Gasteiger partial charge >= 0.3 is 0 Å². The summed E-state index contributed by atoms with van der Waals surface area (Å²) in [4.78, 5) is 0.